The highest BCUT2D eigenvalue weighted by molar-refractivity contribution is 9.09. The van der Waals surface area contributed by atoms with Crippen LogP contribution in [0.5, 0.6) is 0 Å². The molecule has 68 valence electrons. The van der Waals surface area contributed by atoms with Crippen LogP contribution in [0.15, 0.2) is 29.2 Å². The third-order valence-corrected chi connectivity index (χ3v) is 4.63. The van der Waals surface area contributed by atoms with Crippen molar-refractivity contribution in [2.75, 3.05) is 0 Å². The molecule has 1 unspecified atom stereocenters. The Morgan fingerprint density at radius 3 is 3.00 bits per heavy atom. The van der Waals surface area contributed by atoms with Crippen LogP contribution in [0, 0.1) is 0 Å². The van der Waals surface area contributed by atoms with E-state index in [1.807, 2.05) is 11.7 Å². The number of halogens is 1. The molecular formula is C9H8BrNS2. The second-order valence-corrected chi connectivity index (χ2v) is 5.71. The average molecular weight is 274 g/mol. The lowest BCUT2D eigenvalue weighted by Crippen LogP contribution is -1.89. The minimum atomic E-state index is 0.415. The summed E-state index contributed by atoms with van der Waals surface area (Å²) in [4.78, 5) is 7.19. The number of hydrogen-bond acceptors (Lipinski definition) is 3. The lowest BCUT2D eigenvalue weighted by Gasteiger charge is -2.03. The highest BCUT2D eigenvalue weighted by Gasteiger charge is 2.10. The molecule has 0 bridgehead atoms. The molecule has 2 rings (SSSR count). The minimum Gasteiger partial charge on any atom is -0.253 e. The molecule has 13 heavy (non-hydrogen) atoms. The van der Waals surface area contributed by atoms with Crippen LogP contribution in [0.2, 0.25) is 0 Å². The van der Waals surface area contributed by atoms with E-state index < -0.39 is 0 Å². The van der Waals surface area contributed by atoms with E-state index in [0.29, 0.717) is 4.83 Å². The summed E-state index contributed by atoms with van der Waals surface area (Å²) in [6, 6.07) is 4.26. The van der Waals surface area contributed by atoms with E-state index in [0.717, 1.165) is 6.42 Å². The Balaban J connectivity index is 2.04. The molecule has 4 heteroatoms. The molecule has 0 N–H and O–H groups in total. The van der Waals surface area contributed by atoms with Gasteiger partial charge >= 0.3 is 0 Å². The van der Waals surface area contributed by atoms with E-state index in [2.05, 4.69) is 38.4 Å². The topological polar surface area (TPSA) is 12.9 Å². The molecule has 0 radical (unpaired) electrons. The molecular weight excluding hydrogens is 266 g/mol. The Labute approximate surface area is 93.6 Å². The fourth-order valence-electron chi connectivity index (χ4n) is 1.09. The second kappa shape index (κ2) is 4.35. The van der Waals surface area contributed by atoms with Crippen molar-refractivity contribution in [2.24, 2.45) is 0 Å². The predicted molar refractivity (Wildman–Crippen MR) is 61.8 cm³/mol. The largest absolute Gasteiger partial charge is 0.253 e. The van der Waals surface area contributed by atoms with Crippen molar-refractivity contribution in [1.82, 2.24) is 4.98 Å². The smallest absolute Gasteiger partial charge is 0.0794 e. The maximum Gasteiger partial charge on any atom is 0.0794 e. The number of nitrogens with zero attached hydrogens (tertiary/aromatic N) is 1. The summed E-state index contributed by atoms with van der Waals surface area (Å²) in [5.74, 6) is 0. The zero-order valence-corrected chi connectivity index (χ0v) is 10.0. The number of alkyl halides is 1. The van der Waals surface area contributed by atoms with Crippen molar-refractivity contribution in [2.45, 2.75) is 11.2 Å². The molecule has 0 aliphatic heterocycles. The van der Waals surface area contributed by atoms with Gasteiger partial charge in [-0.25, -0.2) is 0 Å². The van der Waals surface area contributed by atoms with Crippen LogP contribution in [0.1, 0.15) is 14.6 Å². The lowest BCUT2D eigenvalue weighted by atomic mass is 10.2. The van der Waals surface area contributed by atoms with Crippen LogP contribution in [-0.2, 0) is 6.42 Å². The van der Waals surface area contributed by atoms with Gasteiger partial charge < -0.3 is 0 Å². The van der Waals surface area contributed by atoms with Crippen molar-refractivity contribution in [1.29, 1.82) is 0 Å². The van der Waals surface area contributed by atoms with Gasteiger partial charge in [0.15, 0.2) is 0 Å². The standard InChI is InChI=1S/C9H8BrNS2/c10-8(9-5-11-6-13-9)4-7-2-1-3-12-7/h1-3,5-6,8H,4H2. The van der Waals surface area contributed by atoms with Crippen molar-refractivity contribution in [3.05, 3.63) is 39.0 Å². The normalized spacial score (nSPS) is 13.0. The van der Waals surface area contributed by atoms with Crippen LogP contribution < -0.4 is 0 Å². The van der Waals surface area contributed by atoms with Crippen LogP contribution in [0.3, 0.4) is 0 Å². The van der Waals surface area contributed by atoms with E-state index >= 15 is 0 Å². The zero-order chi connectivity index (χ0) is 9.10. The number of aromatic nitrogens is 1. The fourth-order valence-corrected chi connectivity index (χ4v) is 3.44. The van der Waals surface area contributed by atoms with Gasteiger partial charge in [-0.3, -0.25) is 4.98 Å². The van der Waals surface area contributed by atoms with E-state index in [1.54, 1.807) is 22.7 Å². The Morgan fingerprint density at radius 1 is 1.46 bits per heavy atom. The SMILES string of the molecule is BrC(Cc1cccs1)c1cncs1. The second-order valence-electron chi connectivity index (χ2n) is 2.65. The van der Waals surface area contributed by atoms with Gasteiger partial charge in [-0.2, -0.15) is 0 Å². The minimum absolute atomic E-state index is 0.415. The van der Waals surface area contributed by atoms with Gasteiger partial charge in [0, 0.05) is 16.0 Å². The maximum absolute atomic E-state index is 4.06. The summed E-state index contributed by atoms with van der Waals surface area (Å²) in [6.45, 7) is 0. The first kappa shape index (κ1) is 9.37. The molecule has 0 aliphatic carbocycles. The first-order valence-electron chi connectivity index (χ1n) is 3.91. The molecule has 0 aliphatic rings. The molecule has 1 nitrogen and oxygen atoms in total. The van der Waals surface area contributed by atoms with Crippen molar-refractivity contribution >= 4 is 38.6 Å². The van der Waals surface area contributed by atoms with E-state index in [-0.39, 0.29) is 0 Å². The number of rotatable bonds is 3. The summed E-state index contributed by atoms with van der Waals surface area (Å²) in [5, 5.41) is 2.11. The summed E-state index contributed by atoms with van der Waals surface area (Å²) in [5.41, 5.74) is 1.87. The van der Waals surface area contributed by atoms with Crippen molar-refractivity contribution in [3.63, 3.8) is 0 Å². The van der Waals surface area contributed by atoms with Crippen LogP contribution >= 0.6 is 38.6 Å². The molecule has 2 heterocycles. The third kappa shape index (κ3) is 2.39. The molecule has 1 atom stereocenters. The predicted octanol–water partition coefficient (Wildman–Crippen LogP) is 3.88. The Morgan fingerprint density at radius 2 is 2.38 bits per heavy atom. The summed E-state index contributed by atoms with van der Waals surface area (Å²) in [7, 11) is 0. The van der Waals surface area contributed by atoms with Gasteiger partial charge in [-0.05, 0) is 17.9 Å². The first-order chi connectivity index (χ1) is 6.36. The van der Waals surface area contributed by atoms with Crippen molar-refractivity contribution in [3.8, 4) is 0 Å². The highest BCUT2D eigenvalue weighted by atomic mass is 79.9. The number of thiazole rings is 1. The maximum atomic E-state index is 4.06. The van der Waals surface area contributed by atoms with E-state index in [4.69, 9.17) is 0 Å². The summed E-state index contributed by atoms with van der Waals surface area (Å²) >= 11 is 7.17. The molecule has 0 saturated carbocycles. The van der Waals surface area contributed by atoms with Gasteiger partial charge in [0.25, 0.3) is 0 Å². The Bertz CT molecular complexity index is 342. The van der Waals surface area contributed by atoms with Crippen LogP contribution in [0.4, 0.5) is 0 Å². The number of hydrogen-bond donors (Lipinski definition) is 0. The zero-order valence-electron chi connectivity index (χ0n) is 6.81. The van der Waals surface area contributed by atoms with Gasteiger partial charge in [0.05, 0.1) is 10.3 Å². The quantitative estimate of drug-likeness (QED) is 0.774. The average Bonchev–Trinajstić information content (AvgIpc) is 2.74. The van der Waals surface area contributed by atoms with E-state index in [1.165, 1.54) is 9.75 Å². The molecule has 2 aromatic rings. The molecule has 0 fully saturated rings. The Hall–Kier alpha value is -0.190. The van der Waals surface area contributed by atoms with Crippen molar-refractivity contribution < 1.29 is 0 Å². The Kier molecular flexibility index (Phi) is 3.14. The molecule has 0 spiro atoms. The van der Waals surface area contributed by atoms with Gasteiger partial charge in [0.2, 0.25) is 0 Å². The van der Waals surface area contributed by atoms with Gasteiger partial charge in [-0.15, -0.1) is 22.7 Å². The van der Waals surface area contributed by atoms with E-state index in [9.17, 15) is 0 Å². The molecule has 0 amide bonds. The summed E-state index contributed by atoms with van der Waals surface area (Å²) in [6.07, 6.45) is 2.98. The van der Waals surface area contributed by atoms with Crippen LogP contribution in [-0.4, -0.2) is 4.98 Å². The molecule has 2 aromatic heterocycles. The van der Waals surface area contributed by atoms with Gasteiger partial charge in [0.1, 0.15) is 0 Å². The summed E-state index contributed by atoms with van der Waals surface area (Å²) < 4.78 is 0. The highest BCUT2D eigenvalue weighted by Crippen LogP contribution is 2.30. The molecule has 0 aromatic carbocycles. The van der Waals surface area contributed by atoms with Gasteiger partial charge in [-0.1, -0.05) is 22.0 Å². The third-order valence-electron chi connectivity index (χ3n) is 1.72. The monoisotopic (exact) mass is 273 g/mol. The lowest BCUT2D eigenvalue weighted by molar-refractivity contribution is 0.987. The fraction of sp³-hybridized carbons (Fsp3) is 0.222. The van der Waals surface area contributed by atoms with Crippen LogP contribution in [0.25, 0.3) is 0 Å². The molecule has 0 saturated heterocycles. The number of thiophene rings is 1. The first-order valence-corrected chi connectivity index (χ1v) is 6.58.